The van der Waals surface area contributed by atoms with Crippen LogP contribution in [0.3, 0.4) is 0 Å². The Balaban J connectivity index is 2.25. The first-order valence-corrected chi connectivity index (χ1v) is 8.45. The maximum absolute atomic E-state index is 12.4. The van der Waals surface area contributed by atoms with Crippen molar-refractivity contribution in [2.24, 2.45) is 0 Å². The Bertz CT molecular complexity index is 566. The zero-order valence-corrected chi connectivity index (χ0v) is 13.1. The molecule has 0 amide bonds. The van der Waals surface area contributed by atoms with Gasteiger partial charge >= 0.3 is 0 Å². The fourth-order valence-corrected chi connectivity index (χ4v) is 3.53. The molecule has 1 aliphatic carbocycles. The van der Waals surface area contributed by atoms with Gasteiger partial charge in [0.1, 0.15) is 0 Å². The number of hydrogen-bond acceptors (Lipinski definition) is 4. The predicted molar refractivity (Wildman–Crippen MR) is 79.7 cm³/mol. The van der Waals surface area contributed by atoms with E-state index in [9.17, 15) is 8.42 Å². The molecule has 1 aromatic rings. The van der Waals surface area contributed by atoms with E-state index >= 15 is 0 Å². The van der Waals surface area contributed by atoms with Gasteiger partial charge in [-0.25, -0.2) is 13.4 Å². The van der Waals surface area contributed by atoms with Gasteiger partial charge < -0.3 is 5.32 Å². The van der Waals surface area contributed by atoms with E-state index in [1.807, 2.05) is 19.1 Å². The van der Waals surface area contributed by atoms with Crippen LogP contribution in [0.2, 0.25) is 0 Å². The van der Waals surface area contributed by atoms with E-state index in [4.69, 9.17) is 0 Å². The van der Waals surface area contributed by atoms with Crippen LogP contribution in [0.5, 0.6) is 0 Å². The molecule has 0 radical (unpaired) electrons. The minimum absolute atomic E-state index is 0.379. The smallest absolute Gasteiger partial charge is 0.253 e. The molecule has 0 bridgehead atoms. The second kappa shape index (κ2) is 6.22. The summed E-state index contributed by atoms with van der Waals surface area (Å²) >= 11 is 0. The molecule has 0 atom stereocenters. The molecule has 0 aliphatic heterocycles. The van der Waals surface area contributed by atoms with E-state index < -0.39 is 10.0 Å². The number of rotatable bonds is 7. The highest BCUT2D eigenvalue weighted by atomic mass is 32.2. The third-order valence-electron chi connectivity index (χ3n) is 3.28. The maximum Gasteiger partial charge on any atom is 0.253 e. The van der Waals surface area contributed by atoms with Gasteiger partial charge in [-0.3, -0.25) is 0 Å². The van der Waals surface area contributed by atoms with Crippen molar-refractivity contribution in [2.45, 2.75) is 43.7 Å². The fraction of sp³-hybridized carbons (Fsp3) is 0.571. The largest absolute Gasteiger partial charge is 0.310 e. The Morgan fingerprint density at radius 3 is 2.55 bits per heavy atom. The number of hydrogen-bond donors (Lipinski definition) is 2. The van der Waals surface area contributed by atoms with Crippen LogP contribution in [0, 0.1) is 0 Å². The van der Waals surface area contributed by atoms with E-state index in [1.165, 1.54) is 17.9 Å². The normalized spacial score (nSPS) is 15.8. The molecule has 0 spiro atoms. The van der Waals surface area contributed by atoms with E-state index in [2.05, 4.69) is 10.1 Å². The fourth-order valence-electron chi connectivity index (χ4n) is 2.09. The van der Waals surface area contributed by atoms with Crippen molar-refractivity contribution in [3.63, 3.8) is 0 Å². The Hall–Kier alpha value is -0.950. The van der Waals surface area contributed by atoms with Crippen LogP contribution < -0.4 is 10.1 Å². The number of nitrogens with one attached hydrogen (secondary N) is 2. The van der Waals surface area contributed by atoms with Gasteiger partial charge in [0.15, 0.2) is 0 Å². The average Bonchev–Trinajstić information content (AvgIpc) is 3.18. The summed E-state index contributed by atoms with van der Waals surface area (Å²) in [4.78, 5) is 2.88. The SMILES string of the molecule is CCc1ccc(CNC2CC2)cc1S(=O)(=O)NN(C)C. The average molecular weight is 297 g/mol. The molecule has 112 valence electrons. The second-order valence-corrected chi connectivity index (χ2v) is 7.07. The molecule has 5 nitrogen and oxygen atoms in total. The minimum atomic E-state index is -3.50. The number of nitrogens with zero attached hydrogens (tertiary/aromatic N) is 1. The molecule has 2 rings (SSSR count). The maximum atomic E-state index is 12.4. The van der Waals surface area contributed by atoms with Crippen molar-refractivity contribution in [1.82, 2.24) is 15.2 Å². The van der Waals surface area contributed by atoms with Crippen molar-refractivity contribution in [2.75, 3.05) is 14.1 Å². The number of aryl methyl sites for hydroxylation is 1. The summed E-state index contributed by atoms with van der Waals surface area (Å²) in [5.41, 5.74) is 1.85. The summed E-state index contributed by atoms with van der Waals surface area (Å²) in [7, 11) is -0.163. The molecule has 0 aromatic heterocycles. The van der Waals surface area contributed by atoms with Crippen LogP contribution in [0.15, 0.2) is 23.1 Å². The highest BCUT2D eigenvalue weighted by molar-refractivity contribution is 7.89. The lowest BCUT2D eigenvalue weighted by molar-refractivity contribution is 0.364. The van der Waals surface area contributed by atoms with Gasteiger partial charge in [-0.1, -0.05) is 19.1 Å². The van der Waals surface area contributed by atoms with Gasteiger partial charge in [0.05, 0.1) is 4.90 Å². The first-order chi connectivity index (χ1) is 9.42. The van der Waals surface area contributed by atoms with Crippen molar-refractivity contribution >= 4 is 10.0 Å². The molecule has 6 heteroatoms. The van der Waals surface area contributed by atoms with Crippen molar-refractivity contribution < 1.29 is 8.42 Å². The van der Waals surface area contributed by atoms with Crippen LogP contribution in [0.1, 0.15) is 30.9 Å². The standard InChI is InChI=1S/C14H23N3O2S/c1-4-12-6-5-11(10-15-13-7-8-13)9-14(12)20(18,19)16-17(2)3/h5-6,9,13,15-16H,4,7-8,10H2,1-3H3. The zero-order chi connectivity index (χ0) is 14.8. The second-order valence-electron chi connectivity index (χ2n) is 5.44. The third-order valence-corrected chi connectivity index (χ3v) is 4.84. The Morgan fingerprint density at radius 2 is 2.00 bits per heavy atom. The van der Waals surface area contributed by atoms with Crippen LogP contribution in [0.4, 0.5) is 0 Å². The summed E-state index contributed by atoms with van der Waals surface area (Å²) in [6.45, 7) is 2.69. The summed E-state index contributed by atoms with van der Waals surface area (Å²) in [6.07, 6.45) is 3.14. The monoisotopic (exact) mass is 297 g/mol. The number of benzene rings is 1. The van der Waals surface area contributed by atoms with Gasteiger partial charge in [-0.2, -0.15) is 0 Å². The first-order valence-electron chi connectivity index (χ1n) is 6.97. The van der Waals surface area contributed by atoms with Crippen LogP contribution >= 0.6 is 0 Å². The lowest BCUT2D eigenvalue weighted by atomic mass is 10.1. The predicted octanol–water partition coefficient (Wildman–Crippen LogP) is 1.26. The van der Waals surface area contributed by atoms with Crippen molar-refractivity contribution in [1.29, 1.82) is 0 Å². The van der Waals surface area contributed by atoms with Gasteiger partial charge in [0.2, 0.25) is 0 Å². The summed E-state index contributed by atoms with van der Waals surface area (Å²) in [5, 5.41) is 4.85. The molecule has 1 saturated carbocycles. The third kappa shape index (κ3) is 4.02. The molecule has 2 N–H and O–H groups in total. The summed E-state index contributed by atoms with van der Waals surface area (Å²) < 4.78 is 24.7. The molecule has 1 aliphatic rings. The lowest BCUT2D eigenvalue weighted by Gasteiger charge is -2.16. The molecule has 0 heterocycles. The summed E-state index contributed by atoms with van der Waals surface area (Å²) in [5.74, 6) is 0. The Morgan fingerprint density at radius 1 is 1.30 bits per heavy atom. The van der Waals surface area contributed by atoms with Crippen molar-refractivity contribution in [3.8, 4) is 0 Å². The van der Waals surface area contributed by atoms with E-state index in [0.29, 0.717) is 17.4 Å². The molecule has 1 aromatic carbocycles. The number of hydrazine groups is 1. The zero-order valence-electron chi connectivity index (χ0n) is 12.3. The molecular weight excluding hydrogens is 274 g/mol. The van der Waals surface area contributed by atoms with E-state index in [0.717, 1.165) is 17.7 Å². The Labute approximate surface area is 121 Å². The van der Waals surface area contributed by atoms with Crippen LogP contribution in [-0.2, 0) is 23.0 Å². The van der Waals surface area contributed by atoms with Gasteiger partial charge in [-0.05, 0) is 36.5 Å². The van der Waals surface area contributed by atoms with E-state index in [1.54, 1.807) is 20.2 Å². The number of sulfonamides is 1. The quantitative estimate of drug-likeness (QED) is 0.744. The van der Waals surface area contributed by atoms with Crippen LogP contribution in [-0.4, -0.2) is 33.6 Å². The van der Waals surface area contributed by atoms with Crippen LogP contribution in [0.25, 0.3) is 0 Å². The Kier molecular flexibility index (Phi) is 4.80. The van der Waals surface area contributed by atoms with Gasteiger partial charge in [0, 0.05) is 26.7 Å². The molecular formula is C14H23N3O2S. The van der Waals surface area contributed by atoms with Gasteiger partial charge in [-0.15, -0.1) is 4.83 Å². The summed E-state index contributed by atoms with van der Waals surface area (Å²) in [6, 6.07) is 6.30. The van der Waals surface area contributed by atoms with Gasteiger partial charge in [0.25, 0.3) is 10.0 Å². The molecule has 0 unspecified atom stereocenters. The minimum Gasteiger partial charge on any atom is -0.310 e. The first kappa shape index (κ1) is 15.4. The lowest BCUT2D eigenvalue weighted by Crippen LogP contribution is -2.36. The highest BCUT2D eigenvalue weighted by Crippen LogP contribution is 2.21. The van der Waals surface area contributed by atoms with E-state index in [-0.39, 0.29) is 0 Å². The molecule has 0 saturated heterocycles. The topological polar surface area (TPSA) is 61.4 Å². The molecule has 20 heavy (non-hydrogen) atoms. The highest BCUT2D eigenvalue weighted by Gasteiger charge is 2.22. The van der Waals surface area contributed by atoms with Crippen molar-refractivity contribution in [3.05, 3.63) is 29.3 Å². The molecule has 1 fully saturated rings.